The largest absolute Gasteiger partial charge is 0.206 e. The Hall–Kier alpha value is -1.59. The summed E-state index contributed by atoms with van der Waals surface area (Å²) >= 11 is 0. The van der Waals surface area contributed by atoms with Gasteiger partial charge in [0.2, 0.25) is 0 Å². The van der Waals surface area contributed by atoms with Gasteiger partial charge in [0.1, 0.15) is 0 Å². The van der Waals surface area contributed by atoms with E-state index < -0.39 is 0 Å². The van der Waals surface area contributed by atoms with Crippen molar-refractivity contribution in [2.75, 3.05) is 0 Å². The molecule has 1 heteroatoms. The SMILES string of the molecule is C[C@@H]1CCCC(c2cccc3c2N=C=C/C=C\C3)C1. The molecule has 0 bridgehead atoms. The topological polar surface area (TPSA) is 12.4 Å². The number of para-hydroxylation sites is 1. The first-order valence-corrected chi connectivity index (χ1v) is 7.41. The first-order valence-electron chi connectivity index (χ1n) is 7.41. The second-order valence-corrected chi connectivity index (χ2v) is 5.86. The van der Waals surface area contributed by atoms with Crippen LogP contribution in [0.2, 0.25) is 0 Å². The molecule has 98 valence electrons. The summed E-state index contributed by atoms with van der Waals surface area (Å²) in [6, 6.07) is 6.67. The highest BCUT2D eigenvalue weighted by atomic mass is 14.7. The van der Waals surface area contributed by atoms with Gasteiger partial charge in [-0.1, -0.05) is 50.1 Å². The van der Waals surface area contributed by atoms with Crippen molar-refractivity contribution in [3.05, 3.63) is 47.6 Å². The minimum absolute atomic E-state index is 0.688. The van der Waals surface area contributed by atoms with Gasteiger partial charge in [0.15, 0.2) is 0 Å². The molecule has 0 amide bonds. The Morgan fingerprint density at radius 2 is 2.21 bits per heavy atom. The van der Waals surface area contributed by atoms with E-state index in [1.54, 1.807) is 0 Å². The summed E-state index contributed by atoms with van der Waals surface area (Å²) in [5, 5.41) is 0. The Morgan fingerprint density at radius 1 is 1.26 bits per heavy atom. The highest BCUT2D eigenvalue weighted by Gasteiger charge is 2.23. The zero-order valence-electron chi connectivity index (χ0n) is 11.6. The number of aliphatic imine (C=N–C) groups is 1. The lowest BCUT2D eigenvalue weighted by Gasteiger charge is -2.28. The van der Waals surface area contributed by atoms with Crippen molar-refractivity contribution < 1.29 is 0 Å². The molecular weight excluding hydrogens is 230 g/mol. The van der Waals surface area contributed by atoms with Crippen molar-refractivity contribution in [2.45, 2.75) is 44.9 Å². The number of allylic oxidation sites excluding steroid dienone is 3. The fraction of sp³-hybridized carbons (Fsp3) is 0.444. The van der Waals surface area contributed by atoms with Crippen LogP contribution in [-0.4, -0.2) is 5.87 Å². The van der Waals surface area contributed by atoms with E-state index in [1.807, 2.05) is 12.2 Å². The lowest BCUT2D eigenvalue weighted by Crippen LogP contribution is -2.12. The molecule has 0 spiro atoms. The lowest BCUT2D eigenvalue weighted by atomic mass is 9.78. The Labute approximate surface area is 115 Å². The van der Waals surface area contributed by atoms with Crippen LogP contribution in [0.3, 0.4) is 0 Å². The number of rotatable bonds is 1. The van der Waals surface area contributed by atoms with Gasteiger partial charge >= 0.3 is 0 Å². The van der Waals surface area contributed by atoms with Gasteiger partial charge in [-0.2, -0.15) is 0 Å². The minimum Gasteiger partial charge on any atom is -0.206 e. The van der Waals surface area contributed by atoms with E-state index in [0.29, 0.717) is 5.92 Å². The third-order valence-electron chi connectivity index (χ3n) is 4.35. The second kappa shape index (κ2) is 5.59. The number of nitrogens with zero attached hydrogens (tertiary/aromatic N) is 1. The van der Waals surface area contributed by atoms with Crippen molar-refractivity contribution in [2.24, 2.45) is 10.9 Å². The Morgan fingerprint density at radius 3 is 3.11 bits per heavy atom. The molecule has 1 aliphatic carbocycles. The molecule has 0 saturated heterocycles. The smallest absolute Gasteiger partial charge is 0.0799 e. The normalized spacial score (nSPS) is 27.4. The number of benzene rings is 1. The number of fused-ring (bicyclic) bond motifs is 1. The molecule has 0 radical (unpaired) electrons. The summed E-state index contributed by atoms with van der Waals surface area (Å²) in [6.45, 7) is 2.38. The second-order valence-electron chi connectivity index (χ2n) is 5.86. The molecular formula is C18H21N. The summed E-state index contributed by atoms with van der Waals surface area (Å²) in [5.41, 5.74) is 3.97. The Kier molecular flexibility index (Phi) is 3.66. The number of hydrogen-bond donors (Lipinski definition) is 0. The molecule has 1 unspecified atom stereocenters. The third kappa shape index (κ3) is 2.72. The minimum atomic E-state index is 0.688. The standard InChI is InChI=1S/C18H21N/c1-14-7-5-10-16(13-14)17-11-6-9-15-8-3-2-4-12-19-18(15)17/h2-4,6,9,11,14,16H,5,7-8,10,13H2,1H3/b3-2-/t14-,16?/m1/s1. The van der Waals surface area contributed by atoms with Crippen LogP contribution in [0.15, 0.2) is 41.4 Å². The Balaban J connectivity index is 2.01. The van der Waals surface area contributed by atoms with Gasteiger partial charge in [0, 0.05) is 0 Å². The van der Waals surface area contributed by atoms with Crippen molar-refractivity contribution in [1.29, 1.82) is 0 Å². The van der Waals surface area contributed by atoms with Crippen LogP contribution in [0.1, 0.15) is 49.7 Å². The molecule has 0 aromatic heterocycles. The van der Waals surface area contributed by atoms with Crippen LogP contribution in [0, 0.1) is 5.92 Å². The van der Waals surface area contributed by atoms with Gasteiger partial charge in [-0.15, -0.1) is 0 Å². The van der Waals surface area contributed by atoms with E-state index in [-0.39, 0.29) is 0 Å². The maximum Gasteiger partial charge on any atom is 0.0799 e. The summed E-state index contributed by atoms with van der Waals surface area (Å²) in [7, 11) is 0. The monoisotopic (exact) mass is 251 g/mol. The zero-order valence-corrected chi connectivity index (χ0v) is 11.6. The van der Waals surface area contributed by atoms with Crippen LogP contribution < -0.4 is 0 Å². The Bertz CT molecular complexity index is 547. The molecule has 1 heterocycles. The molecule has 1 fully saturated rings. The summed E-state index contributed by atoms with van der Waals surface area (Å²) in [5.74, 6) is 4.58. The molecule has 1 aromatic carbocycles. The molecule has 2 aliphatic rings. The third-order valence-corrected chi connectivity index (χ3v) is 4.35. The fourth-order valence-electron chi connectivity index (χ4n) is 3.37. The van der Waals surface area contributed by atoms with Gasteiger partial charge in [-0.25, -0.2) is 4.99 Å². The van der Waals surface area contributed by atoms with Gasteiger partial charge in [0.05, 0.1) is 5.69 Å². The van der Waals surface area contributed by atoms with E-state index >= 15 is 0 Å². The molecule has 0 N–H and O–H groups in total. The highest BCUT2D eigenvalue weighted by Crippen LogP contribution is 2.41. The highest BCUT2D eigenvalue weighted by molar-refractivity contribution is 5.67. The molecule has 19 heavy (non-hydrogen) atoms. The molecule has 1 aromatic rings. The van der Waals surface area contributed by atoms with Crippen LogP contribution in [0.25, 0.3) is 0 Å². The van der Waals surface area contributed by atoms with Crippen LogP contribution in [0.4, 0.5) is 5.69 Å². The fourth-order valence-corrected chi connectivity index (χ4v) is 3.37. The van der Waals surface area contributed by atoms with Crippen molar-refractivity contribution in [3.8, 4) is 0 Å². The van der Waals surface area contributed by atoms with Crippen LogP contribution >= 0.6 is 0 Å². The van der Waals surface area contributed by atoms with Crippen LogP contribution in [-0.2, 0) is 6.42 Å². The summed E-state index contributed by atoms with van der Waals surface area (Å²) in [4.78, 5) is 4.59. The van der Waals surface area contributed by atoms with Gasteiger partial charge in [-0.3, -0.25) is 0 Å². The average molecular weight is 251 g/mol. The molecule has 3 rings (SSSR count). The predicted octanol–water partition coefficient (Wildman–Crippen LogP) is 4.95. The van der Waals surface area contributed by atoms with E-state index in [4.69, 9.17) is 0 Å². The lowest BCUT2D eigenvalue weighted by molar-refractivity contribution is 0.344. The molecule has 1 aliphatic heterocycles. The quantitative estimate of drug-likeness (QED) is 0.669. The van der Waals surface area contributed by atoms with Gasteiger partial charge in [0.25, 0.3) is 0 Å². The molecule has 1 nitrogen and oxygen atoms in total. The van der Waals surface area contributed by atoms with E-state index in [9.17, 15) is 0 Å². The average Bonchev–Trinajstić information content (AvgIpc) is 2.39. The zero-order chi connectivity index (χ0) is 13.1. The van der Waals surface area contributed by atoms with E-state index in [1.165, 1.54) is 42.5 Å². The van der Waals surface area contributed by atoms with Crippen molar-refractivity contribution in [3.63, 3.8) is 0 Å². The molecule has 1 saturated carbocycles. The maximum atomic E-state index is 4.59. The first kappa shape index (κ1) is 12.4. The molecule has 2 atom stereocenters. The van der Waals surface area contributed by atoms with Gasteiger partial charge < -0.3 is 0 Å². The van der Waals surface area contributed by atoms with Gasteiger partial charge in [-0.05, 0) is 54.2 Å². The predicted molar refractivity (Wildman–Crippen MR) is 81.3 cm³/mol. The van der Waals surface area contributed by atoms with E-state index in [0.717, 1.165) is 12.3 Å². The summed E-state index contributed by atoms with van der Waals surface area (Å²) < 4.78 is 0. The first-order chi connectivity index (χ1) is 9.34. The maximum absolute atomic E-state index is 4.59. The van der Waals surface area contributed by atoms with Crippen molar-refractivity contribution >= 4 is 11.6 Å². The van der Waals surface area contributed by atoms with Crippen LogP contribution in [0.5, 0.6) is 0 Å². The van der Waals surface area contributed by atoms with Crippen molar-refractivity contribution in [1.82, 2.24) is 0 Å². The number of hydrogen-bond acceptors (Lipinski definition) is 1. The van der Waals surface area contributed by atoms with E-state index in [2.05, 4.69) is 42.1 Å². The summed E-state index contributed by atoms with van der Waals surface area (Å²) in [6.07, 6.45) is 12.5.